The first kappa shape index (κ1) is 17.9. The summed E-state index contributed by atoms with van der Waals surface area (Å²) in [7, 11) is 0. The molecule has 27 heavy (non-hydrogen) atoms. The number of carbonyl (C=O) groups excluding carboxylic acids is 2. The number of ether oxygens (including phenoxy) is 1. The number of rotatable bonds is 3. The molecule has 4 rings (SSSR count). The number of aryl methyl sites for hydroxylation is 1. The molecular formula is C20H21N3O3S. The minimum Gasteiger partial charge on any atom is -0.461 e. The van der Waals surface area contributed by atoms with Crippen LogP contribution in [0.3, 0.4) is 0 Å². The second-order valence-corrected chi connectivity index (χ2v) is 7.76. The summed E-state index contributed by atoms with van der Waals surface area (Å²) in [5.74, 6) is 1.59. The standard InChI is InChI=1S/C20H21N3O3S/c1-3-26-20(25)18-12(2)17-14-10-13(19(24)23-6-8-27-9-7-23)4-5-15(14)22-16(17)11-21-18/h4-5,10-11,22H,3,6-9H2,1-2H3. The largest absolute Gasteiger partial charge is 0.461 e. The summed E-state index contributed by atoms with van der Waals surface area (Å²) >= 11 is 1.88. The second kappa shape index (κ2) is 7.23. The topological polar surface area (TPSA) is 75.3 Å². The fourth-order valence-corrected chi connectivity index (χ4v) is 4.45. The van der Waals surface area contributed by atoms with Crippen LogP contribution in [-0.4, -0.2) is 57.9 Å². The number of pyridine rings is 1. The van der Waals surface area contributed by atoms with E-state index in [1.54, 1.807) is 13.1 Å². The number of hydrogen-bond acceptors (Lipinski definition) is 5. The molecule has 1 fully saturated rings. The smallest absolute Gasteiger partial charge is 0.357 e. The zero-order valence-electron chi connectivity index (χ0n) is 15.4. The molecule has 1 aromatic carbocycles. The highest BCUT2D eigenvalue weighted by Crippen LogP contribution is 2.30. The number of esters is 1. The minimum absolute atomic E-state index is 0.0591. The Bertz CT molecular complexity index is 1040. The predicted octanol–water partition coefficient (Wildman–Crippen LogP) is 3.39. The molecule has 1 amide bonds. The van der Waals surface area contributed by atoms with Crippen LogP contribution in [0.2, 0.25) is 0 Å². The summed E-state index contributed by atoms with van der Waals surface area (Å²) in [4.78, 5) is 34.6. The molecule has 1 aliphatic heterocycles. The molecule has 1 aliphatic rings. The van der Waals surface area contributed by atoms with Gasteiger partial charge < -0.3 is 14.6 Å². The quantitative estimate of drug-likeness (QED) is 0.702. The van der Waals surface area contributed by atoms with Gasteiger partial charge in [-0.2, -0.15) is 11.8 Å². The number of aromatic amines is 1. The van der Waals surface area contributed by atoms with Gasteiger partial charge in [0.15, 0.2) is 5.69 Å². The van der Waals surface area contributed by atoms with Gasteiger partial charge in [-0.1, -0.05) is 0 Å². The van der Waals surface area contributed by atoms with Crippen LogP contribution in [0, 0.1) is 6.92 Å². The van der Waals surface area contributed by atoms with Crippen LogP contribution in [0.1, 0.15) is 33.3 Å². The Labute approximate surface area is 161 Å². The molecule has 3 aromatic rings. The fraction of sp³-hybridized carbons (Fsp3) is 0.350. The van der Waals surface area contributed by atoms with Gasteiger partial charge in [0.05, 0.1) is 18.3 Å². The summed E-state index contributed by atoms with van der Waals surface area (Å²) in [6, 6.07) is 5.70. The lowest BCUT2D eigenvalue weighted by Crippen LogP contribution is -2.37. The van der Waals surface area contributed by atoms with E-state index < -0.39 is 5.97 Å². The zero-order valence-corrected chi connectivity index (χ0v) is 16.2. The van der Waals surface area contributed by atoms with Gasteiger partial charge >= 0.3 is 5.97 Å². The van der Waals surface area contributed by atoms with E-state index in [0.29, 0.717) is 17.9 Å². The maximum absolute atomic E-state index is 12.9. The zero-order chi connectivity index (χ0) is 19.0. The average Bonchev–Trinajstić information content (AvgIpc) is 3.07. The van der Waals surface area contributed by atoms with Gasteiger partial charge in [-0.15, -0.1) is 0 Å². The summed E-state index contributed by atoms with van der Waals surface area (Å²) in [5, 5.41) is 1.83. The Hall–Kier alpha value is -2.54. The Morgan fingerprint density at radius 2 is 2.04 bits per heavy atom. The highest BCUT2D eigenvalue weighted by Gasteiger charge is 2.21. The molecule has 0 spiro atoms. The number of aromatic nitrogens is 2. The van der Waals surface area contributed by atoms with Crippen LogP contribution in [0.4, 0.5) is 0 Å². The first-order valence-corrected chi connectivity index (χ1v) is 10.2. The van der Waals surface area contributed by atoms with E-state index in [1.807, 2.05) is 41.8 Å². The normalized spacial score (nSPS) is 14.7. The van der Waals surface area contributed by atoms with E-state index >= 15 is 0 Å². The molecule has 0 radical (unpaired) electrons. The van der Waals surface area contributed by atoms with Crippen molar-refractivity contribution >= 4 is 45.4 Å². The van der Waals surface area contributed by atoms with E-state index in [-0.39, 0.29) is 5.91 Å². The molecule has 7 heteroatoms. The first-order chi connectivity index (χ1) is 13.1. The number of nitrogens with one attached hydrogen (secondary N) is 1. The third kappa shape index (κ3) is 3.16. The van der Waals surface area contributed by atoms with Gasteiger partial charge in [-0.3, -0.25) is 4.79 Å². The number of hydrogen-bond donors (Lipinski definition) is 1. The molecule has 1 N–H and O–H groups in total. The lowest BCUT2D eigenvalue weighted by Gasteiger charge is -2.26. The molecule has 0 unspecified atom stereocenters. The second-order valence-electron chi connectivity index (χ2n) is 6.53. The van der Waals surface area contributed by atoms with E-state index in [4.69, 9.17) is 4.74 Å². The number of benzene rings is 1. The van der Waals surface area contributed by atoms with Gasteiger partial charge in [0.1, 0.15) is 0 Å². The maximum atomic E-state index is 12.9. The van der Waals surface area contributed by atoms with Crippen molar-refractivity contribution in [2.24, 2.45) is 0 Å². The van der Waals surface area contributed by atoms with Crippen molar-refractivity contribution in [1.29, 1.82) is 0 Å². The number of amides is 1. The Kier molecular flexibility index (Phi) is 4.78. The number of thioether (sulfide) groups is 1. The Balaban J connectivity index is 1.81. The van der Waals surface area contributed by atoms with Crippen molar-refractivity contribution < 1.29 is 14.3 Å². The SMILES string of the molecule is CCOC(=O)c1ncc2[nH]c3ccc(C(=O)N4CCSCC4)cc3c2c1C. The van der Waals surface area contributed by atoms with Crippen LogP contribution >= 0.6 is 11.8 Å². The maximum Gasteiger partial charge on any atom is 0.357 e. The van der Waals surface area contributed by atoms with Crippen molar-refractivity contribution in [2.75, 3.05) is 31.2 Å². The van der Waals surface area contributed by atoms with Crippen molar-refractivity contribution in [3.8, 4) is 0 Å². The first-order valence-electron chi connectivity index (χ1n) is 9.05. The molecule has 0 saturated carbocycles. The third-order valence-electron chi connectivity index (χ3n) is 4.89. The van der Waals surface area contributed by atoms with E-state index in [1.165, 1.54) is 0 Å². The van der Waals surface area contributed by atoms with Crippen LogP contribution in [0.25, 0.3) is 21.8 Å². The lowest BCUT2D eigenvalue weighted by atomic mass is 10.0. The molecule has 0 aliphatic carbocycles. The number of H-pyrrole nitrogens is 1. The number of carbonyl (C=O) groups is 2. The average molecular weight is 383 g/mol. The summed E-state index contributed by atoms with van der Waals surface area (Å²) in [5.41, 5.74) is 3.51. The fourth-order valence-electron chi connectivity index (χ4n) is 3.55. The predicted molar refractivity (Wildman–Crippen MR) is 108 cm³/mol. The molecule has 140 valence electrons. The molecular weight excluding hydrogens is 362 g/mol. The summed E-state index contributed by atoms with van der Waals surface area (Å²) in [6.07, 6.45) is 1.65. The van der Waals surface area contributed by atoms with Gasteiger partial charge in [-0.05, 0) is 37.6 Å². The molecule has 0 bridgehead atoms. The molecule has 3 heterocycles. The van der Waals surface area contributed by atoms with E-state index in [2.05, 4.69) is 9.97 Å². The molecule has 0 atom stereocenters. The van der Waals surface area contributed by atoms with Crippen molar-refractivity contribution in [2.45, 2.75) is 13.8 Å². The van der Waals surface area contributed by atoms with Gasteiger partial charge in [0.25, 0.3) is 5.91 Å². The Morgan fingerprint density at radius 1 is 1.26 bits per heavy atom. The van der Waals surface area contributed by atoms with E-state index in [9.17, 15) is 9.59 Å². The van der Waals surface area contributed by atoms with Gasteiger partial charge in [0.2, 0.25) is 0 Å². The molecule has 6 nitrogen and oxygen atoms in total. The number of nitrogens with zero attached hydrogens (tertiary/aromatic N) is 2. The summed E-state index contributed by atoms with van der Waals surface area (Å²) < 4.78 is 5.11. The van der Waals surface area contributed by atoms with Crippen molar-refractivity contribution in [1.82, 2.24) is 14.9 Å². The van der Waals surface area contributed by atoms with Gasteiger partial charge in [0, 0.05) is 46.4 Å². The highest BCUT2D eigenvalue weighted by atomic mass is 32.2. The number of fused-ring (bicyclic) bond motifs is 3. The minimum atomic E-state index is -0.427. The van der Waals surface area contributed by atoms with Crippen LogP contribution < -0.4 is 0 Å². The van der Waals surface area contributed by atoms with Crippen molar-refractivity contribution in [3.05, 3.63) is 41.2 Å². The third-order valence-corrected chi connectivity index (χ3v) is 5.84. The van der Waals surface area contributed by atoms with Crippen molar-refractivity contribution in [3.63, 3.8) is 0 Å². The van der Waals surface area contributed by atoms with Crippen LogP contribution in [0.5, 0.6) is 0 Å². The monoisotopic (exact) mass is 383 g/mol. The lowest BCUT2D eigenvalue weighted by molar-refractivity contribution is 0.0518. The summed E-state index contributed by atoms with van der Waals surface area (Å²) in [6.45, 7) is 5.51. The highest BCUT2D eigenvalue weighted by molar-refractivity contribution is 7.99. The van der Waals surface area contributed by atoms with Crippen LogP contribution in [0.15, 0.2) is 24.4 Å². The van der Waals surface area contributed by atoms with Crippen LogP contribution in [-0.2, 0) is 4.74 Å². The molecule has 2 aromatic heterocycles. The van der Waals surface area contributed by atoms with E-state index in [0.717, 1.165) is 52.0 Å². The Morgan fingerprint density at radius 3 is 2.78 bits per heavy atom. The molecule has 1 saturated heterocycles. The van der Waals surface area contributed by atoms with Gasteiger partial charge in [-0.25, -0.2) is 9.78 Å².